The molecule has 0 unspecified atom stereocenters. The van der Waals surface area contributed by atoms with Crippen LogP contribution in [-0.4, -0.2) is 37.5 Å². The average molecular weight is 366 g/mol. The molecule has 0 aliphatic carbocycles. The highest BCUT2D eigenvalue weighted by Gasteiger charge is 2.40. The van der Waals surface area contributed by atoms with Crippen LogP contribution in [0.15, 0.2) is 39.9 Å². The molecule has 0 bridgehead atoms. The number of aliphatic hydroxyl groups excluding tert-OH is 1. The first kappa shape index (κ1) is 17.0. The summed E-state index contributed by atoms with van der Waals surface area (Å²) in [6, 6.07) is 6.73. The number of aliphatic hydroxyl groups is 1. The Labute approximate surface area is 143 Å². The zero-order chi connectivity index (χ0) is 17.3. The summed E-state index contributed by atoms with van der Waals surface area (Å²) in [6.45, 7) is 0.273. The van der Waals surface area contributed by atoms with Gasteiger partial charge in [-0.2, -0.15) is 20.9 Å². The third-order valence-corrected chi connectivity index (χ3v) is 6.88. The van der Waals surface area contributed by atoms with Crippen LogP contribution in [0.2, 0.25) is 0 Å². The van der Waals surface area contributed by atoms with Crippen molar-refractivity contribution in [2.75, 3.05) is 19.7 Å². The average Bonchev–Trinajstić information content (AvgIpc) is 3.23. The van der Waals surface area contributed by atoms with Crippen LogP contribution in [0.1, 0.15) is 17.0 Å². The van der Waals surface area contributed by atoms with E-state index in [4.69, 9.17) is 5.26 Å². The first-order valence-corrected chi connectivity index (χ1v) is 9.68. The van der Waals surface area contributed by atoms with Crippen molar-refractivity contribution in [2.24, 2.45) is 5.92 Å². The van der Waals surface area contributed by atoms with Crippen LogP contribution >= 0.6 is 11.3 Å². The summed E-state index contributed by atoms with van der Waals surface area (Å²) in [6.07, 6.45) is 0. The van der Waals surface area contributed by atoms with Crippen LogP contribution in [0.5, 0.6) is 0 Å². The van der Waals surface area contributed by atoms with E-state index >= 15 is 0 Å². The lowest BCUT2D eigenvalue weighted by atomic mass is 9.92. The maximum absolute atomic E-state index is 13.3. The molecule has 0 spiro atoms. The van der Waals surface area contributed by atoms with Gasteiger partial charge < -0.3 is 5.11 Å². The molecule has 1 aliphatic rings. The normalized spacial score (nSPS) is 21.7. The molecule has 0 radical (unpaired) electrons. The highest BCUT2D eigenvalue weighted by atomic mass is 32.2. The van der Waals surface area contributed by atoms with Gasteiger partial charge in [0.05, 0.1) is 5.56 Å². The second kappa shape index (κ2) is 6.61. The van der Waals surface area contributed by atoms with E-state index in [-0.39, 0.29) is 42.0 Å². The first-order valence-electron chi connectivity index (χ1n) is 7.30. The molecule has 1 fully saturated rings. The Morgan fingerprint density at radius 3 is 2.79 bits per heavy atom. The van der Waals surface area contributed by atoms with Gasteiger partial charge in [0.1, 0.15) is 16.8 Å². The third-order valence-electron chi connectivity index (χ3n) is 4.29. The highest BCUT2D eigenvalue weighted by Crippen LogP contribution is 2.36. The highest BCUT2D eigenvalue weighted by molar-refractivity contribution is 7.89. The number of hydrogen-bond acceptors (Lipinski definition) is 5. The molecular formula is C16H15FN2O3S2. The molecule has 3 rings (SSSR count). The number of sulfonamides is 1. The van der Waals surface area contributed by atoms with E-state index in [1.807, 2.05) is 16.8 Å². The van der Waals surface area contributed by atoms with Gasteiger partial charge >= 0.3 is 0 Å². The molecular weight excluding hydrogens is 351 g/mol. The molecule has 126 valence electrons. The van der Waals surface area contributed by atoms with Gasteiger partial charge in [-0.3, -0.25) is 0 Å². The fraction of sp³-hybridized carbons (Fsp3) is 0.312. The Balaban J connectivity index is 1.96. The Morgan fingerprint density at radius 1 is 1.38 bits per heavy atom. The summed E-state index contributed by atoms with van der Waals surface area (Å²) in [5, 5.41) is 22.6. The van der Waals surface area contributed by atoms with Gasteiger partial charge in [0.2, 0.25) is 10.0 Å². The Hall–Kier alpha value is -1.79. The maximum Gasteiger partial charge on any atom is 0.244 e. The van der Waals surface area contributed by atoms with Crippen molar-refractivity contribution in [3.63, 3.8) is 0 Å². The molecule has 8 heteroatoms. The second-order valence-electron chi connectivity index (χ2n) is 5.68. The van der Waals surface area contributed by atoms with Crippen molar-refractivity contribution in [2.45, 2.75) is 10.8 Å². The van der Waals surface area contributed by atoms with Crippen molar-refractivity contribution in [3.05, 3.63) is 52.0 Å². The summed E-state index contributed by atoms with van der Waals surface area (Å²) < 4.78 is 40.3. The minimum Gasteiger partial charge on any atom is -0.396 e. The number of nitriles is 1. The van der Waals surface area contributed by atoms with Crippen LogP contribution in [0.3, 0.4) is 0 Å². The Morgan fingerprint density at radius 2 is 2.17 bits per heavy atom. The predicted octanol–water partition coefficient (Wildman–Crippen LogP) is 2.16. The minimum atomic E-state index is -3.93. The van der Waals surface area contributed by atoms with E-state index in [0.29, 0.717) is 0 Å². The van der Waals surface area contributed by atoms with Gasteiger partial charge in [0.25, 0.3) is 0 Å². The summed E-state index contributed by atoms with van der Waals surface area (Å²) in [5.41, 5.74) is 0.783. The lowest BCUT2D eigenvalue weighted by Gasteiger charge is -2.17. The molecule has 1 aromatic heterocycles. The number of nitrogens with zero attached hydrogens (tertiary/aromatic N) is 2. The fourth-order valence-electron chi connectivity index (χ4n) is 3.03. The lowest BCUT2D eigenvalue weighted by Crippen LogP contribution is -2.30. The first-order chi connectivity index (χ1) is 11.5. The molecule has 0 saturated carbocycles. The lowest BCUT2D eigenvalue weighted by molar-refractivity contribution is 0.223. The molecule has 2 aromatic rings. The van der Waals surface area contributed by atoms with E-state index in [1.165, 1.54) is 15.6 Å². The van der Waals surface area contributed by atoms with Crippen molar-refractivity contribution >= 4 is 21.4 Å². The van der Waals surface area contributed by atoms with Crippen molar-refractivity contribution in [1.29, 1.82) is 5.26 Å². The van der Waals surface area contributed by atoms with Crippen molar-refractivity contribution in [3.8, 4) is 6.07 Å². The summed E-state index contributed by atoms with van der Waals surface area (Å²) in [7, 11) is -3.93. The molecule has 5 nitrogen and oxygen atoms in total. The third kappa shape index (κ3) is 2.96. The quantitative estimate of drug-likeness (QED) is 0.899. The largest absolute Gasteiger partial charge is 0.396 e. The fourth-order valence-corrected chi connectivity index (χ4v) is 5.40. The maximum atomic E-state index is 13.3. The summed E-state index contributed by atoms with van der Waals surface area (Å²) in [5.74, 6) is -0.960. The Kier molecular flexibility index (Phi) is 4.69. The molecule has 1 aromatic carbocycles. The van der Waals surface area contributed by atoms with Crippen molar-refractivity contribution in [1.82, 2.24) is 4.31 Å². The van der Waals surface area contributed by atoms with E-state index in [1.54, 1.807) is 6.07 Å². The van der Waals surface area contributed by atoms with Gasteiger partial charge in [-0.05, 0) is 40.6 Å². The van der Waals surface area contributed by atoms with Gasteiger partial charge in [-0.1, -0.05) is 0 Å². The number of halogens is 1. The second-order valence-corrected chi connectivity index (χ2v) is 8.37. The van der Waals surface area contributed by atoms with Gasteiger partial charge in [-0.15, -0.1) is 0 Å². The number of thiophene rings is 1. The van der Waals surface area contributed by atoms with Crippen LogP contribution in [0.25, 0.3) is 0 Å². The van der Waals surface area contributed by atoms with Gasteiger partial charge in [0.15, 0.2) is 0 Å². The molecule has 1 saturated heterocycles. The molecule has 1 aliphatic heterocycles. The van der Waals surface area contributed by atoms with Crippen LogP contribution in [0.4, 0.5) is 4.39 Å². The number of benzene rings is 1. The molecule has 24 heavy (non-hydrogen) atoms. The molecule has 0 amide bonds. The summed E-state index contributed by atoms with van der Waals surface area (Å²) >= 11 is 1.52. The van der Waals surface area contributed by atoms with Gasteiger partial charge in [-0.25, -0.2) is 12.8 Å². The summed E-state index contributed by atoms with van der Waals surface area (Å²) in [4.78, 5) is -0.200. The minimum absolute atomic E-state index is 0.0954. The zero-order valence-electron chi connectivity index (χ0n) is 12.6. The topological polar surface area (TPSA) is 81.4 Å². The van der Waals surface area contributed by atoms with E-state index in [9.17, 15) is 17.9 Å². The van der Waals surface area contributed by atoms with E-state index < -0.39 is 15.8 Å². The molecule has 2 atom stereocenters. The Bertz CT molecular complexity index is 875. The SMILES string of the molecule is N#Cc1cc(F)ccc1S(=O)(=O)N1C[C@@H](CO)[C@@H](c2ccsc2)C1. The zero-order valence-corrected chi connectivity index (χ0v) is 14.2. The van der Waals surface area contributed by atoms with E-state index in [2.05, 4.69) is 0 Å². The van der Waals surface area contributed by atoms with E-state index in [0.717, 1.165) is 23.8 Å². The van der Waals surface area contributed by atoms with Crippen LogP contribution < -0.4 is 0 Å². The monoisotopic (exact) mass is 366 g/mol. The smallest absolute Gasteiger partial charge is 0.244 e. The molecule has 1 N–H and O–H groups in total. The van der Waals surface area contributed by atoms with Gasteiger partial charge in [0, 0.05) is 31.5 Å². The predicted molar refractivity (Wildman–Crippen MR) is 87.5 cm³/mol. The van der Waals surface area contributed by atoms with Crippen LogP contribution in [0, 0.1) is 23.1 Å². The van der Waals surface area contributed by atoms with Crippen LogP contribution in [-0.2, 0) is 10.0 Å². The molecule has 2 heterocycles. The van der Waals surface area contributed by atoms with Crippen molar-refractivity contribution < 1.29 is 17.9 Å². The number of hydrogen-bond donors (Lipinski definition) is 1. The number of rotatable bonds is 4. The standard InChI is InChI=1S/C16H15FN2O3S2/c17-14-1-2-16(12(5-14)6-18)24(21,22)19-7-13(9-20)15(8-19)11-3-4-23-10-11/h1-5,10,13,15,20H,7-9H2/t13-,15+/m0/s1.